The lowest BCUT2D eigenvalue weighted by atomic mass is 10.1. The van der Waals surface area contributed by atoms with E-state index >= 15 is 0 Å². The van der Waals surface area contributed by atoms with Gasteiger partial charge >= 0.3 is 6.03 Å². The molecule has 2 rings (SSSR count). The fourth-order valence-electron chi connectivity index (χ4n) is 2.12. The van der Waals surface area contributed by atoms with Gasteiger partial charge in [-0.15, -0.1) is 0 Å². The van der Waals surface area contributed by atoms with Gasteiger partial charge in [0.15, 0.2) is 0 Å². The first-order valence-electron chi connectivity index (χ1n) is 6.73. The molecule has 2 N–H and O–H groups in total. The Morgan fingerprint density at radius 3 is 2.36 bits per heavy atom. The Labute approximate surface area is 127 Å². The second-order valence-electron chi connectivity index (χ2n) is 5.58. The Morgan fingerprint density at radius 2 is 1.91 bits per heavy atom. The number of nitrogens with one attached hydrogen (secondary N) is 2. The van der Waals surface area contributed by atoms with Crippen LogP contribution in [-0.2, 0) is 9.59 Å². The van der Waals surface area contributed by atoms with Crippen molar-refractivity contribution in [1.29, 1.82) is 5.26 Å². The second-order valence-corrected chi connectivity index (χ2v) is 5.58. The molecular weight excluding hydrogens is 284 g/mol. The summed E-state index contributed by atoms with van der Waals surface area (Å²) < 4.78 is 0. The van der Waals surface area contributed by atoms with E-state index in [1.54, 1.807) is 38.1 Å². The summed E-state index contributed by atoms with van der Waals surface area (Å²) in [4.78, 5) is 37.1. The number of rotatable bonds is 3. The van der Waals surface area contributed by atoms with Crippen LogP contribution in [0.25, 0.3) is 0 Å². The van der Waals surface area contributed by atoms with Crippen molar-refractivity contribution in [3.05, 3.63) is 29.8 Å². The molecule has 7 heteroatoms. The van der Waals surface area contributed by atoms with Gasteiger partial charge in [0.1, 0.15) is 11.6 Å². The second kappa shape index (κ2) is 5.48. The van der Waals surface area contributed by atoms with Crippen molar-refractivity contribution in [3.8, 4) is 6.07 Å². The van der Waals surface area contributed by atoms with Crippen molar-refractivity contribution in [2.45, 2.75) is 32.4 Å². The topological polar surface area (TPSA) is 102 Å². The van der Waals surface area contributed by atoms with E-state index in [0.29, 0.717) is 11.3 Å². The van der Waals surface area contributed by atoms with Crippen LogP contribution in [0.4, 0.5) is 10.5 Å². The van der Waals surface area contributed by atoms with Gasteiger partial charge in [-0.05, 0) is 45.0 Å². The summed E-state index contributed by atoms with van der Waals surface area (Å²) in [5, 5.41) is 13.9. The number of nitriles is 1. The molecule has 0 aromatic heterocycles. The SMILES string of the molecule is CC(C(=O)Nc1ccc(C#N)cc1)N1C(=O)NC(C)(C)C1=O. The molecule has 1 aromatic carbocycles. The zero-order chi connectivity index (χ0) is 16.5. The third-order valence-corrected chi connectivity index (χ3v) is 3.44. The van der Waals surface area contributed by atoms with E-state index in [0.717, 1.165) is 4.90 Å². The first-order valence-corrected chi connectivity index (χ1v) is 6.73. The maximum atomic E-state index is 12.2. The average molecular weight is 300 g/mol. The van der Waals surface area contributed by atoms with Gasteiger partial charge in [0.05, 0.1) is 11.6 Å². The molecule has 1 unspecified atom stereocenters. The first kappa shape index (κ1) is 15.5. The van der Waals surface area contributed by atoms with Crippen molar-refractivity contribution < 1.29 is 14.4 Å². The highest BCUT2D eigenvalue weighted by atomic mass is 16.2. The van der Waals surface area contributed by atoms with Gasteiger partial charge in [-0.25, -0.2) is 9.69 Å². The minimum atomic E-state index is -1.01. The smallest absolute Gasteiger partial charge is 0.324 e. The van der Waals surface area contributed by atoms with Crippen LogP contribution in [0.1, 0.15) is 26.3 Å². The maximum absolute atomic E-state index is 12.2. The summed E-state index contributed by atoms with van der Waals surface area (Å²) in [5.41, 5.74) is -0.0517. The zero-order valence-electron chi connectivity index (χ0n) is 12.5. The van der Waals surface area contributed by atoms with Crippen LogP contribution >= 0.6 is 0 Å². The fraction of sp³-hybridized carbons (Fsp3) is 0.333. The lowest BCUT2D eigenvalue weighted by molar-refractivity contribution is -0.135. The van der Waals surface area contributed by atoms with Crippen molar-refractivity contribution in [2.24, 2.45) is 0 Å². The van der Waals surface area contributed by atoms with Gasteiger partial charge < -0.3 is 10.6 Å². The molecule has 0 saturated carbocycles. The summed E-state index contributed by atoms with van der Waals surface area (Å²) in [6, 6.07) is 6.75. The van der Waals surface area contributed by atoms with E-state index < -0.39 is 29.4 Å². The molecule has 4 amide bonds. The van der Waals surface area contributed by atoms with E-state index in [1.807, 2.05) is 6.07 Å². The number of nitrogens with zero attached hydrogens (tertiary/aromatic N) is 2. The van der Waals surface area contributed by atoms with Crippen LogP contribution in [0.15, 0.2) is 24.3 Å². The standard InChI is InChI=1S/C15H16N4O3/c1-9(19-13(21)15(2,3)18-14(19)22)12(20)17-11-6-4-10(8-16)5-7-11/h4-7,9H,1-3H3,(H,17,20)(H,18,22). The molecule has 22 heavy (non-hydrogen) atoms. The lowest BCUT2D eigenvalue weighted by Crippen LogP contribution is -2.47. The number of carbonyl (C=O) groups is 3. The van der Waals surface area contributed by atoms with E-state index in [4.69, 9.17) is 5.26 Å². The number of hydrogen-bond donors (Lipinski definition) is 2. The third-order valence-electron chi connectivity index (χ3n) is 3.44. The monoisotopic (exact) mass is 300 g/mol. The van der Waals surface area contributed by atoms with Crippen molar-refractivity contribution >= 4 is 23.5 Å². The Balaban J connectivity index is 2.11. The molecule has 1 fully saturated rings. The molecule has 1 aromatic rings. The highest BCUT2D eigenvalue weighted by Crippen LogP contribution is 2.20. The quantitative estimate of drug-likeness (QED) is 0.819. The molecule has 1 aliphatic heterocycles. The van der Waals surface area contributed by atoms with Crippen LogP contribution in [0.3, 0.4) is 0 Å². The Bertz CT molecular complexity index is 673. The number of carbonyl (C=O) groups excluding carboxylic acids is 3. The first-order chi connectivity index (χ1) is 10.3. The van der Waals surface area contributed by atoms with Gasteiger partial charge in [-0.1, -0.05) is 0 Å². The number of anilines is 1. The van der Waals surface area contributed by atoms with Gasteiger partial charge in [0.25, 0.3) is 5.91 Å². The predicted molar refractivity (Wildman–Crippen MR) is 78.7 cm³/mol. The molecule has 1 heterocycles. The van der Waals surface area contributed by atoms with Crippen molar-refractivity contribution in [2.75, 3.05) is 5.32 Å². The molecule has 0 bridgehead atoms. The maximum Gasteiger partial charge on any atom is 0.325 e. The summed E-state index contributed by atoms with van der Waals surface area (Å²) in [6.45, 7) is 4.65. The van der Waals surface area contributed by atoms with E-state index in [2.05, 4.69) is 10.6 Å². The third kappa shape index (κ3) is 2.76. The largest absolute Gasteiger partial charge is 0.325 e. The predicted octanol–water partition coefficient (Wildman–Crippen LogP) is 1.22. The molecule has 1 saturated heterocycles. The van der Waals surface area contributed by atoms with E-state index in [1.165, 1.54) is 6.92 Å². The van der Waals surface area contributed by atoms with Gasteiger partial charge in [-0.3, -0.25) is 9.59 Å². The normalized spacial score (nSPS) is 17.6. The molecule has 7 nitrogen and oxygen atoms in total. The minimum Gasteiger partial charge on any atom is -0.324 e. The fourth-order valence-corrected chi connectivity index (χ4v) is 2.12. The summed E-state index contributed by atoms with van der Waals surface area (Å²) in [7, 11) is 0. The summed E-state index contributed by atoms with van der Waals surface area (Å²) in [5.74, 6) is -0.925. The van der Waals surface area contributed by atoms with Crippen LogP contribution in [0, 0.1) is 11.3 Å². The highest BCUT2D eigenvalue weighted by Gasteiger charge is 2.47. The zero-order valence-corrected chi connectivity index (χ0v) is 12.5. The van der Waals surface area contributed by atoms with Crippen LogP contribution in [0.5, 0.6) is 0 Å². The van der Waals surface area contributed by atoms with Crippen LogP contribution in [0.2, 0.25) is 0 Å². The van der Waals surface area contributed by atoms with Gasteiger partial charge in [0, 0.05) is 5.69 Å². The highest BCUT2D eigenvalue weighted by molar-refractivity contribution is 6.10. The number of imide groups is 1. The van der Waals surface area contributed by atoms with Gasteiger partial charge in [-0.2, -0.15) is 5.26 Å². The molecule has 0 aliphatic carbocycles. The molecule has 1 atom stereocenters. The number of amides is 4. The number of hydrogen-bond acceptors (Lipinski definition) is 4. The molecule has 1 aliphatic rings. The van der Waals surface area contributed by atoms with E-state index in [9.17, 15) is 14.4 Å². The van der Waals surface area contributed by atoms with E-state index in [-0.39, 0.29) is 0 Å². The van der Waals surface area contributed by atoms with Crippen LogP contribution < -0.4 is 10.6 Å². The Morgan fingerprint density at radius 1 is 1.32 bits per heavy atom. The van der Waals surface area contributed by atoms with Crippen molar-refractivity contribution in [3.63, 3.8) is 0 Å². The molecule has 114 valence electrons. The molecule has 0 radical (unpaired) electrons. The molecular formula is C15H16N4O3. The molecule has 0 spiro atoms. The van der Waals surface area contributed by atoms with Crippen molar-refractivity contribution in [1.82, 2.24) is 10.2 Å². The number of urea groups is 1. The average Bonchev–Trinajstić information content (AvgIpc) is 2.67. The lowest BCUT2D eigenvalue weighted by Gasteiger charge is -2.22. The minimum absolute atomic E-state index is 0.444. The summed E-state index contributed by atoms with van der Waals surface area (Å²) >= 11 is 0. The summed E-state index contributed by atoms with van der Waals surface area (Å²) in [6.07, 6.45) is 0. The van der Waals surface area contributed by atoms with Crippen LogP contribution in [-0.4, -0.2) is 34.3 Å². The Kier molecular flexibility index (Phi) is 3.87. The number of benzene rings is 1. The van der Waals surface area contributed by atoms with Gasteiger partial charge in [0.2, 0.25) is 5.91 Å². The Hall–Kier alpha value is -2.88.